The number of benzene rings is 1. The number of amidine groups is 1. The highest BCUT2D eigenvalue weighted by atomic mass is 19.1. The summed E-state index contributed by atoms with van der Waals surface area (Å²) in [6.07, 6.45) is 8.62. The van der Waals surface area contributed by atoms with Crippen LogP contribution in [-0.2, 0) is 40.0 Å². The van der Waals surface area contributed by atoms with Crippen molar-refractivity contribution in [3.63, 3.8) is 0 Å². The number of esters is 2. The fraction of sp³-hybridized carbons (Fsp3) is 0.562. The zero-order chi connectivity index (χ0) is 32.7. The molecule has 2 aliphatic rings. The van der Waals surface area contributed by atoms with Gasteiger partial charge in [0.2, 0.25) is 5.95 Å². The van der Waals surface area contributed by atoms with Gasteiger partial charge in [0.25, 0.3) is 0 Å². The first-order valence-electron chi connectivity index (χ1n) is 15.7. The maximum atomic E-state index is 15.1. The van der Waals surface area contributed by atoms with Gasteiger partial charge in [-0.3, -0.25) is 15.0 Å². The Hall–Kier alpha value is -4.17. The van der Waals surface area contributed by atoms with Gasteiger partial charge in [0.1, 0.15) is 31.3 Å². The predicted molar refractivity (Wildman–Crippen MR) is 167 cm³/mol. The second kappa shape index (κ2) is 18.1. The summed E-state index contributed by atoms with van der Waals surface area (Å²) in [4.78, 5) is 40.1. The minimum Gasteiger partial charge on any atom is -0.465 e. The second-order valence-corrected chi connectivity index (χ2v) is 11.4. The third kappa shape index (κ3) is 11.0. The Morgan fingerprint density at radius 2 is 1.93 bits per heavy atom. The molecular formula is C32H43FN6O7. The number of ether oxygens (including phenoxy) is 4. The number of anilines is 1. The summed E-state index contributed by atoms with van der Waals surface area (Å²) < 4.78 is 37.2. The Morgan fingerprint density at radius 1 is 1.13 bits per heavy atom. The molecule has 14 heteroatoms. The lowest BCUT2D eigenvalue weighted by molar-refractivity contribution is -0.176. The number of nitrogens with zero attached hydrogens (tertiary/aromatic N) is 4. The Kier molecular flexibility index (Phi) is 13.6. The van der Waals surface area contributed by atoms with Gasteiger partial charge in [-0.15, -0.1) is 0 Å². The summed E-state index contributed by atoms with van der Waals surface area (Å²) >= 11 is 0. The van der Waals surface area contributed by atoms with Crippen LogP contribution < -0.4 is 10.6 Å². The molecular weight excluding hydrogens is 599 g/mol. The first-order valence-corrected chi connectivity index (χ1v) is 15.7. The van der Waals surface area contributed by atoms with Crippen molar-refractivity contribution in [2.45, 2.75) is 71.2 Å². The van der Waals surface area contributed by atoms with Crippen molar-refractivity contribution < 1.29 is 37.8 Å². The standard InChI is InChI=1S/C32H43FN6O7/c1-2-3-4-10-28(40)43-18-22(19-45-30-11-5-6-12-42-30)20-46-38-25-16-39(17-25)32-36-14-24(15-37-32)26-9-7-8-23(31(26)33)21-44-29(41)13-27(34)35/h7-9,14-15,22,30H,2-6,10-13,16-21H2,1H3,(H3,34,35). The molecule has 3 N–H and O–H groups in total. The minimum atomic E-state index is -0.704. The van der Waals surface area contributed by atoms with E-state index in [0.29, 0.717) is 44.2 Å². The molecule has 0 amide bonds. The van der Waals surface area contributed by atoms with E-state index < -0.39 is 11.8 Å². The van der Waals surface area contributed by atoms with E-state index in [1.54, 1.807) is 12.1 Å². The normalized spacial score (nSPS) is 16.7. The van der Waals surface area contributed by atoms with Crippen molar-refractivity contribution in [3.8, 4) is 11.1 Å². The molecule has 2 aliphatic heterocycles. The fourth-order valence-corrected chi connectivity index (χ4v) is 4.76. The Morgan fingerprint density at radius 3 is 2.65 bits per heavy atom. The number of carbonyl (C=O) groups excluding carboxylic acids is 2. The van der Waals surface area contributed by atoms with E-state index in [4.69, 9.17) is 34.9 Å². The molecule has 3 heterocycles. The van der Waals surface area contributed by atoms with E-state index in [1.165, 1.54) is 18.5 Å². The van der Waals surface area contributed by atoms with Crippen LogP contribution in [0.1, 0.15) is 63.9 Å². The number of rotatable bonds is 18. The predicted octanol–water partition coefficient (Wildman–Crippen LogP) is 4.13. The van der Waals surface area contributed by atoms with Gasteiger partial charge in [0.15, 0.2) is 6.29 Å². The molecule has 0 spiro atoms. The van der Waals surface area contributed by atoms with Crippen LogP contribution >= 0.6 is 0 Å². The van der Waals surface area contributed by atoms with Gasteiger partial charge in [-0.05, 0) is 25.7 Å². The van der Waals surface area contributed by atoms with Crippen LogP contribution in [0.3, 0.4) is 0 Å². The average Bonchev–Trinajstić information content (AvgIpc) is 3.03. The van der Waals surface area contributed by atoms with Crippen molar-refractivity contribution in [2.75, 3.05) is 44.4 Å². The summed E-state index contributed by atoms with van der Waals surface area (Å²) in [5.74, 6) is -1.52. The number of unbranched alkanes of at least 4 members (excludes halogenated alkanes) is 2. The lowest BCUT2D eigenvalue weighted by Gasteiger charge is -2.32. The van der Waals surface area contributed by atoms with Gasteiger partial charge >= 0.3 is 11.9 Å². The van der Waals surface area contributed by atoms with Gasteiger partial charge in [-0.25, -0.2) is 14.4 Å². The van der Waals surface area contributed by atoms with E-state index in [0.717, 1.165) is 44.2 Å². The van der Waals surface area contributed by atoms with Crippen molar-refractivity contribution in [2.24, 2.45) is 16.8 Å². The molecule has 2 atom stereocenters. The van der Waals surface area contributed by atoms with Crippen LogP contribution in [0.5, 0.6) is 0 Å². The van der Waals surface area contributed by atoms with E-state index in [9.17, 15) is 9.59 Å². The van der Waals surface area contributed by atoms with Gasteiger partial charge in [0.05, 0.1) is 37.9 Å². The Balaban J connectivity index is 1.25. The van der Waals surface area contributed by atoms with Crippen LogP contribution in [0, 0.1) is 17.1 Å². The van der Waals surface area contributed by atoms with Crippen molar-refractivity contribution in [3.05, 3.63) is 42.0 Å². The third-order valence-corrected chi connectivity index (χ3v) is 7.41. The molecule has 0 aliphatic carbocycles. The van der Waals surface area contributed by atoms with Crippen LogP contribution in [0.4, 0.5) is 10.3 Å². The smallest absolute Gasteiger partial charge is 0.313 e. The molecule has 2 fully saturated rings. The highest BCUT2D eigenvalue weighted by molar-refractivity contribution is 5.98. The molecule has 2 aromatic rings. The van der Waals surface area contributed by atoms with E-state index >= 15 is 4.39 Å². The maximum Gasteiger partial charge on any atom is 0.313 e. The number of carbonyl (C=O) groups is 2. The van der Waals surface area contributed by atoms with Crippen LogP contribution in [0.2, 0.25) is 0 Å². The molecule has 2 saturated heterocycles. The quantitative estimate of drug-likeness (QED) is 0.0788. The third-order valence-electron chi connectivity index (χ3n) is 7.41. The lowest BCUT2D eigenvalue weighted by atomic mass is 10.1. The molecule has 0 saturated carbocycles. The fourth-order valence-electron chi connectivity index (χ4n) is 4.76. The van der Waals surface area contributed by atoms with Gasteiger partial charge < -0.3 is 34.4 Å². The van der Waals surface area contributed by atoms with Gasteiger partial charge in [-0.2, -0.15) is 0 Å². The number of hydrogen-bond donors (Lipinski definition) is 2. The SMILES string of the molecule is CCCCCC(=O)OCC(CON=C1CN(c2ncc(-c3cccc(COC(=O)CC(=N)N)c3F)cn2)C1)COC1CCCCO1. The summed E-state index contributed by atoms with van der Waals surface area (Å²) in [5.41, 5.74) is 6.92. The average molecular weight is 643 g/mol. The monoisotopic (exact) mass is 642 g/mol. The Bertz CT molecular complexity index is 1330. The first kappa shape index (κ1) is 34.7. The zero-order valence-electron chi connectivity index (χ0n) is 26.2. The zero-order valence-corrected chi connectivity index (χ0v) is 26.2. The second-order valence-electron chi connectivity index (χ2n) is 11.4. The van der Waals surface area contributed by atoms with Gasteiger partial charge in [-0.1, -0.05) is 43.1 Å². The molecule has 13 nitrogen and oxygen atoms in total. The lowest BCUT2D eigenvalue weighted by Crippen LogP contribution is -2.48. The molecule has 1 aromatic heterocycles. The van der Waals surface area contributed by atoms with E-state index in [-0.39, 0.29) is 61.4 Å². The summed E-state index contributed by atoms with van der Waals surface area (Å²) in [7, 11) is 0. The van der Waals surface area contributed by atoms with Crippen LogP contribution in [0.15, 0.2) is 35.7 Å². The summed E-state index contributed by atoms with van der Waals surface area (Å²) in [5, 5.41) is 11.4. The Labute approximate surface area is 268 Å². The molecule has 2 unspecified atom stereocenters. The number of hydrogen-bond acceptors (Lipinski definition) is 12. The van der Waals surface area contributed by atoms with Gasteiger partial charge in [0, 0.05) is 42.1 Å². The molecule has 4 rings (SSSR count). The highest BCUT2D eigenvalue weighted by Crippen LogP contribution is 2.26. The van der Waals surface area contributed by atoms with Crippen molar-refractivity contribution in [1.29, 1.82) is 5.41 Å². The van der Waals surface area contributed by atoms with E-state index in [2.05, 4.69) is 22.0 Å². The highest BCUT2D eigenvalue weighted by Gasteiger charge is 2.26. The molecule has 250 valence electrons. The van der Waals surface area contributed by atoms with E-state index in [1.807, 2.05) is 4.90 Å². The number of halogens is 1. The number of nitrogens with two attached hydrogens (primary N) is 1. The first-order chi connectivity index (χ1) is 22.3. The van der Waals surface area contributed by atoms with Crippen LogP contribution in [-0.4, -0.2) is 79.3 Å². The number of nitrogens with one attached hydrogen (secondary N) is 1. The largest absolute Gasteiger partial charge is 0.465 e. The van der Waals surface area contributed by atoms with Crippen molar-refractivity contribution in [1.82, 2.24) is 9.97 Å². The molecule has 0 bridgehead atoms. The van der Waals surface area contributed by atoms with Crippen LogP contribution in [0.25, 0.3) is 11.1 Å². The summed E-state index contributed by atoms with van der Waals surface area (Å²) in [6, 6.07) is 4.75. The topological polar surface area (TPSA) is 172 Å². The van der Waals surface area contributed by atoms with Crippen molar-refractivity contribution >= 4 is 29.4 Å². The number of oxime groups is 1. The summed E-state index contributed by atoms with van der Waals surface area (Å²) in [6.45, 7) is 4.17. The molecule has 0 radical (unpaired) electrons. The molecule has 46 heavy (non-hydrogen) atoms. The number of aromatic nitrogens is 2. The molecule has 1 aromatic carbocycles. The minimum absolute atomic E-state index is 0.184. The maximum absolute atomic E-state index is 15.1.